The van der Waals surface area contributed by atoms with Crippen molar-refractivity contribution < 1.29 is 9.90 Å². The molecule has 4 nitrogen and oxygen atoms in total. The Bertz CT molecular complexity index is 308. The van der Waals surface area contributed by atoms with Gasteiger partial charge in [-0.2, -0.15) is 0 Å². The Balaban J connectivity index is 1.56. The average Bonchev–Trinajstić information content (AvgIpc) is 2.94. The van der Waals surface area contributed by atoms with E-state index in [0.29, 0.717) is 12.1 Å². The number of aliphatic hydroxyl groups is 1. The van der Waals surface area contributed by atoms with Crippen molar-refractivity contribution in [3.8, 4) is 0 Å². The Kier molecular flexibility index (Phi) is 3.09. The van der Waals surface area contributed by atoms with E-state index in [1.165, 1.54) is 6.42 Å². The Morgan fingerprint density at radius 2 is 2.00 bits per heavy atom. The zero-order valence-corrected chi connectivity index (χ0v) is 10.2. The van der Waals surface area contributed by atoms with Crippen molar-refractivity contribution in [3.63, 3.8) is 0 Å². The SMILES string of the molecule is O=C(N[C@H]1CCCC[C@@H]1O)C1CC2CCC1N2. The van der Waals surface area contributed by atoms with Gasteiger partial charge in [0, 0.05) is 12.1 Å². The van der Waals surface area contributed by atoms with Crippen LogP contribution in [0.4, 0.5) is 0 Å². The Morgan fingerprint density at radius 1 is 1.18 bits per heavy atom. The second-order valence-electron chi connectivity index (χ2n) is 5.86. The molecule has 2 saturated heterocycles. The molecule has 3 N–H and O–H groups in total. The molecular weight excluding hydrogens is 216 g/mol. The molecule has 0 aromatic heterocycles. The molecule has 0 aromatic carbocycles. The molecule has 96 valence electrons. The van der Waals surface area contributed by atoms with Crippen molar-refractivity contribution in [2.75, 3.05) is 0 Å². The van der Waals surface area contributed by atoms with Crippen molar-refractivity contribution in [2.24, 2.45) is 5.92 Å². The third-order valence-electron chi connectivity index (χ3n) is 4.69. The highest BCUT2D eigenvalue weighted by molar-refractivity contribution is 5.80. The van der Waals surface area contributed by atoms with Gasteiger partial charge in [-0.1, -0.05) is 12.8 Å². The molecule has 0 aromatic rings. The summed E-state index contributed by atoms with van der Waals surface area (Å²) >= 11 is 0. The van der Waals surface area contributed by atoms with E-state index in [1.54, 1.807) is 0 Å². The molecule has 5 atom stereocenters. The van der Waals surface area contributed by atoms with Crippen LogP contribution in [0, 0.1) is 5.92 Å². The summed E-state index contributed by atoms with van der Waals surface area (Å²) in [6, 6.07) is 0.947. The zero-order valence-electron chi connectivity index (χ0n) is 10.2. The molecule has 1 amide bonds. The maximum Gasteiger partial charge on any atom is 0.225 e. The molecule has 0 spiro atoms. The highest BCUT2D eigenvalue weighted by atomic mass is 16.3. The molecule has 3 rings (SSSR count). The van der Waals surface area contributed by atoms with Crippen LogP contribution in [-0.4, -0.2) is 35.2 Å². The Hall–Kier alpha value is -0.610. The first-order chi connectivity index (χ1) is 8.24. The third-order valence-corrected chi connectivity index (χ3v) is 4.69. The lowest BCUT2D eigenvalue weighted by atomic mass is 9.87. The van der Waals surface area contributed by atoms with Crippen LogP contribution in [0.15, 0.2) is 0 Å². The number of hydrogen-bond acceptors (Lipinski definition) is 3. The van der Waals surface area contributed by atoms with Crippen molar-refractivity contribution in [1.29, 1.82) is 0 Å². The second-order valence-corrected chi connectivity index (χ2v) is 5.86. The third kappa shape index (κ3) is 2.20. The quantitative estimate of drug-likeness (QED) is 0.658. The van der Waals surface area contributed by atoms with Gasteiger partial charge in [-0.05, 0) is 32.1 Å². The van der Waals surface area contributed by atoms with Crippen LogP contribution in [0.1, 0.15) is 44.9 Å². The fourth-order valence-electron chi connectivity index (χ4n) is 3.68. The number of aliphatic hydroxyl groups excluding tert-OH is 1. The first-order valence-electron chi connectivity index (χ1n) is 6.98. The first-order valence-corrected chi connectivity index (χ1v) is 6.98. The van der Waals surface area contributed by atoms with Crippen LogP contribution in [0.25, 0.3) is 0 Å². The molecule has 17 heavy (non-hydrogen) atoms. The summed E-state index contributed by atoms with van der Waals surface area (Å²) in [5.74, 6) is 0.304. The lowest BCUT2D eigenvalue weighted by molar-refractivity contribution is -0.127. The number of carbonyl (C=O) groups excluding carboxylic acids is 1. The number of fused-ring (bicyclic) bond motifs is 2. The van der Waals surface area contributed by atoms with Crippen LogP contribution < -0.4 is 10.6 Å². The minimum Gasteiger partial charge on any atom is -0.391 e. The molecule has 1 aliphatic carbocycles. The zero-order chi connectivity index (χ0) is 11.8. The van der Waals surface area contributed by atoms with Gasteiger partial charge in [0.1, 0.15) is 0 Å². The molecule has 2 aliphatic heterocycles. The van der Waals surface area contributed by atoms with E-state index in [0.717, 1.165) is 38.5 Å². The second kappa shape index (κ2) is 4.58. The van der Waals surface area contributed by atoms with Crippen molar-refractivity contribution >= 4 is 5.91 Å². The van der Waals surface area contributed by atoms with Gasteiger partial charge < -0.3 is 15.7 Å². The minimum absolute atomic E-state index is 0.00428. The monoisotopic (exact) mass is 238 g/mol. The first kappa shape index (κ1) is 11.5. The average molecular weight is 238 g/mol. The van der Waals surface area contributed by atoms with E-state index in [9.17, 15) is 9.90 Å². The standard InChI is InChI=1S/C13H22N2O2/c16-12-4-2-1-3-11(12)15-13(17)9-7-8-5-6-10(9)14-8/h8-12,14,16H,1-7H2,(H,15,17)/t8?,9?,10?,11-,12-/m0/s1. The van der Waals surface area contributed by atoms with Gasteiger partial charge in [0.15, 0.2) is 0 Å². The number of hydrogen-bond donors (Lipinski definition) is 3. The van der Waals surface area contributed by atoms with E-state index < -0.39 is 0 Å². The molecule has 2 heterocycles. The van der Waals surface area contributed by atoms with Gasteiger partial charge in [0.05, 0.1) is 18.1 Å². The van der Waals surface area contributed by atoms with Gasteiger partial charge in [-0.3, -0.25) is 4.79 Å². The summed E-state index contributed by atoms with van der Waals surface area (Å²) in [5, 5.41) is 16.4. The smallest absolute Gasteiger partial charge is 0.225 e. The van der Waals surface area contributed by atoms with Crippen LogP contribution >= 0.6 is 0 Å². The summed E-state index contributed by atoms with van der Waals surface area (Å²) in [6.45, 7) is 0. The predicted molar refractivity (Wildman–Crippen MR) is 64.5 cm³/mol. The van der Waals surface area contributed by atoms with Gasteiger partial charge in [-0.15, -0.1) is 0 Å². The van der Waals surface area contributed by atoms with Gasteiger partial charge in [0.25, 0.3) is 0 Å². The van der Waals surface area contributed by atoms with E-state index in [1.807, 2.05) is 0 Å². The molecule has 4 heteroatoms. The normalized spacial score (nSPS) is 44.9. The molecule has 3 fully saturated rings. The lowest BCUT2D eigenvalue weighted by Crippen LogP contribution is -2.48. The molecular formula is C13H22N2O2. The van der Waals surface area contributed by atoms with E-state index in [-0.39, 0.29) is 24.0 Å². The number of nitrogens with one attached hydrogen (secondary N) is 2. The van der Waals surface area contributed by atoms with Crippen molar-refractivity contribution in [2.45, 2.75) is 69.2 Å². The molecule has 2 bridgehead atoms. The van der Waals surface area contributed by atoms with Crippen LogP contribution in [0.2, 0.25) is 0 Å². The minimum atomic E-state index is -0.334. The highest BCUT2D eigenvalue weighted by Crippen LogP contribution is 2.33. The van der Waals surface area contributed by atoms with Crippen LogP contribution in [0.3, 0.4) is 0 Å². The van der Waals surface area contributed by atoms with Gasteiger partial charge in [0.2, 0.25) is 5.91 Å². The molecule has 3 unspecified atom stereocenters. The lowest BCUT2D eigenvalue weighted by Gasteiger charge is -2.30. The molecule has 1 saturated carbocycles. The van der Waals surface area contributed by atoms with Gasteiger partial charge in [-0.25, -0.2) is 0 Å². The summed E-state index contributed by atoms with van der Waals surface area (Å²) in [7, 11) is 0. The van der Waals surface area contributed by atoms with Gasteiger partial charge >= 0.3 is 0 Å². The number of rotatable bonds is 2. The van der Waals surface area contributed by atoms with Crippen LogP contribution in [0.5, 0.6) is 0 Å². The van der Waals surface area contributed by atoms with E-state index in [2.05, 4.69) is 10.6 Å². The maximum absolute atomic E-state index is 12.2. The molecule has 0 radical (unpaired) electrons. The molecule has 3 aliphatic rings. The van der Waals surface area contributed by atoms with E-state index in [4.69, 9.17) is 0 Å². The summed E-state index contributed by atoms with van der Waals surface area (Å²) in [4.78, 5) is 12.2. The summed E-state index contributed by atoms with van der Waals surface area (Å²) in [6.07, 6.45) is 6.98. The number of carbonyl (C=O) groups is 1. The van der Waals surface area contributed by atoms with Crippen molar-refractivity contribution in [3.05, 3.63) is 0 Å². The van der Waals surface area contributed by atoms with Crippen LogP contribution in [-0.2, 0) is 4.79 Å². The van der Waals surface area contributed by atoms with E-state index >= 15 is 0 Å². The fourth-order valence-corrected chi connectivity index (χ4v) is 3.68. The summed E-state index contributed by atoms with van der Waals surface area (Å²) < 4.78 is 0. The summed E-state index contributed by atoms with van der Waals surface area (Å²) in [5.41, 5.74) is 0. The predicted octanol–water partition coefficient (Wildman–Crippen LogP) is 0.547. The number of amides is 1. The Morgan fingerprint density at radius 3 is 2.65 bits per heavy atom. The fraction of sp³-hybridized carbons (Fsp3) is 0.923. The maximum atomic E-state index is 12.2. The topological polar surface area (TPSA) is 61.4 Å². The largest absolute Gasteiger partial charge is 0.391 e. The Labute approximate surface area is 102 Å². The van der Waals surface area contributed by atoms with Crippen molar-refractivity contribution in [1.82, 2.24) is 10.6 Å². The highest BCUT2D eigenvalue weighted by Gasteiger charge is 2.43.